The van der Waals surface area contributed by atoms with Crippen LogP contribution in [0.25, 0.3) is 22.6 Å². The van der Waals surface area contributed by atoms with Gasteiger partial charge in [0, 0.05) is 28.3 Å². The van der Waals surface area contributed by atoms with Crippen LogP contribution in [0, 0.1) is 17.0 Å². The Balaban J connectivity index is 2.25. The first-order valence-electron chi connectivity index (χ1n) is 7.49. The lowest BCUT2D eigenvalue weighted by Crippen LogP contribution is -2.08. The van der Waals surface area contributed by atoms with Crippen molar-refractivity contribution in [1.82, 2.24) is 9.97 Å². The summed E-state index contributed by atoms with van der Waals surface area (Å²) in [5.41, 5.74) is 1.13. The lowest BCUT2D eigenvalue weighted by molar-refractivity contribution is -0.384. The van der Waals surface area contributed by atoms with Crippen LogP contribution in [0.4, 0.5) is 5.69 Å². The molecule has 1 aromatic heterocycles. The molecule has 2 aromatic carbocycles. The molecule has 1 heterocycles. The molecule has 3 rings (SSSR count). The largest absolute Gasteiger partial charge is 0.478 e. The lowest BCUT2D eigenvalue weighted by atomic mass is 10.0. The highest BCUT2D eigenvalue weighted by Crippen LogP contribution is 2.29. The van der Waals surface area contributed by atoms with Gasteiger partial charge in [-0.1, -0.05) is 23.7 Å². The van der Waals surface area contributed by atoms with E-state index in [1.165, 1.54) is 18.2 Å². The standard InChI is InChI=1S/C18H12ClN3O4/c1-10-15(18(23)24)16(12-3-2-4-14(9-12)22(25)26)21-17(20-10)11-5-7-13(19)8-6-11/h2-9H,1H3,(H,23,24). The Hall–Kier alpha value is -3.32. The van der Waals surface area contributed by atoms with Crippen LogP contribution < -0.4 is 0 Å². The van der Waals surface area contributed by atoms with Gasteiger partial charge in [-0.15, -0.1) is 0 Å². The molecule has 0 saturated heterocycles. The minimum Gasteiger partial charge on any atom is -0.478 e. The third-order valence-corrected chi connectivity index (χ3v) is 3.99. The van der Waals surface area contributed by atoms with Gasteiger partial charge in [-0.2, -0.15) is 0 Å². The summed E-state index contributed by atoms with van der Waals surface area (Å²) in [6, 6.07) is 12.5. The van der Waals surface area contributed by atoms with E-state index in [-0.39, 0.29) is 22.6 Å². The normalized spacial score (nSPS) is 10.5. The fourth-order valence-corrected chi connectivity index (χ4v) is 2.66. The van der Waals surface area contributed by atoms with E-state index in [2.05, 4.69) is 9.97 Å². The Morgan fingerprint density at radius 3 is 2.42 bits per heavy atom. The third-order valence-electron chi connectivity index (χ3n) is 3.74. The first kappa shape index (κ1) is 17.5. The third kappa shape index (κ3) is 3.38. The van der Waals surface area contributed by atoms with Crippen molar-refractivity contribution in [1.29, 1.82) is 0 Å². The summed E-state index contributed by atoms with van der Waals surface area (Å²) in [6.07, 6.45) is 0. The second-order valence-corrected chi connectivity index (χ2v) is 5.91. The van der Waals surface area contributed by atoms with Gasteiger partial charge < -0.3 is 5.11 Å². The van der Waals surface area contributed by atoms with E-state index >= 15 is 0 Å². The van der Waals surface area contributed by atoms with Crippen LogP contribution in [-0.4, -0.2) is 26.0 Å². The first-order valence-corrected chi connectivity index (χ1v) is 7.87. The summed E-state index contributed by atoms with van der Waals surface area (Å²) in [7, 11) is 0. The van der Waals surface area contributed by atoms with Crippen molar-refractivity contribution in [3.8, 4) is 22.6 Å². The number of hydrogen-bond donors (Lipinski definition) is 1. The molecule has 0 aliphatic carbocycles. The molecule has 0 fully saturated rings. The number of aryl methyl sites for hydroxylation is 1. The number of nitro groups is 1. The molecule has 0 bridgehead atoms. The van der Waals surface area contributed by atoms with Gasteiger partial charge in [-0.25, -0.2) is 14.8 Å². The van der Waals surface area contributed by atoms with Crippen LogP contribution >= 0.6 is 11.6 Å². The molecule has 0 unspecified atom stereocenters. The van der Waals surface area contributed by atoms with Gasteiger partial charge in [-0.3, -0.25) is 10.1 Å². The summed E-state index contributed by atoms with van der Waals surface area (Å²) in [6.45, 7) is 1.56. The van der Waals surface area contributed by atoms with Crippen LogP contribution in [0.1, 0.15) is 16.1 Å². The van der Waals surface area contributed by atoms with E-state index < -0.39 is 10.9 Å². The molecule has 0 aliphatic heterocycles. The van der Waals surface area contributed by atoms with Gasteiger partial charge in [-0.05, 0) is 31.2 Å². The minimum absolute atomic E-state index is 0.0942. The van der Waals surface area contributed by atoms with Crippen molar-refractivity contribution < 1.29 is 14.8 Å². The van der Waals surface area contributed by atoms with Gasteiger partial charge in [0.15, 0.2) is 5.82 Å². The van der Waals surface area contributed by atoms with E-state index in [0.717, 1.165) is 0 Å². The second-order valence-electron chi connectivity index (χ2n) is 5.48. The van der Waals surface area contributed by atoms with E-state index in [4.69, 9.17) is 11.6 Å². The van der Waals surface area contributed by atoms with E-state index in [1.54, 1.807) is 37.3 Å². The number of aromatic nitrogens is 2. The highest BCUT2D eigenvalue weighted by molar-refractivity contribution is 6.30. The summed E-state index contributed by atoms with van der Waals surface area (Å²) < 4.78 is 0. The van der Waals surface area contributed by atoms with Crippen LogP contribution in [0.3, 0.4) is 0 Å². The van der Waals surface area contributed by atoms with Crippen molar-refractivity contribution in [2.75, 3.05) is 0 Å². The number of nitrogens with zero attached hydrogens (tertiary/aromatic N) is 3. The maximum atomic E-state index is 11.7. The van der Waals surface area contributed by atoms with Crippen molar-refractivity contribution in [3.63, 3.8) is 0 Å². The number of hydrogen-bond acceptors (Lipinski definition) is 5. The Bertz CT molecular complexity index is 1020. The molecule has 130 valence electrons. The van der Waals surface area contributed by atoms with Crippen LogP contribution in [0.15, 0.2) is 48.5 Å². The Kier molecular flexibility index (Phi) is 4.64. The molecule has 7 nitrogen and oxygen atoms in total. The summed E-state index contributed by atoms with van der Waals surface area (Å²) in [5.74, 6) is -0.891. The minimum atomic E-state index is -1.20. The number of non-ortho nitro benzene ring substituents is 1. The molecule has 0 amide bonds. The van der Waals surface area contributed by atoms with Gasteiger partial charge in [0.1, 0.15) is 5.56 Å². The predicted molar refractivity (Wildman–Crippen MR) is 96.3 cm³/mol. The van der Waals surface area contributed by atoms with Gasteiger partial charge in [0.25, 0.3) is 5.69 Å². The molecular weight excluding hydrogens is 358 g/mol. The monoisotopic (exact) mass is 369 g/mol. The second kappa shape index (κ2) is 6.89. The summed E-state index contributed by atoms with van der Waals surface area (Å²) in [5, 5.41) is 21.1. The molecule has 0 aliphatic rings. The quantitative estimate of drug-likeness (QED) is 0.540. The van der Waals surface area contributed by atoms with Crippen molar-refractivity contribution >= 4 is 23.3 Å². The number of halogens is 1. The van der Waals surface area contributed by atoms with Crippen molar-refractivity contribution in [3.05, 3.63) is 74.9 Å². The molecule has 0 saturated carbocycles. The molecule has 0 spiro atoms. The number of carbonyl (C=O) groups is 1. The van der Waals surface area contributed by atoms with Crippen LogP contribution in [0.2, 0.25) is 5.02 Å². The Labute approximate surface area is 153 Å². The highest BCUT2D eigenvalue weighted by atomic mass is 35.5. The molecule has 26 heavy (non-hydrogen) atoms. The van der Waals surface area contributed by atoms with E-state index in [9.17, 15) is 20.0 Å². The van der Waals surface area contributed by atoms with Gasteiger partial charge in [0.2, 0.25) is 0 Å². The van der Waals surface area contributed by atoms with Crippen LogP contribution in [0.5, 0.6) is 0 Å². The molecule has 0 radical (unpaired) electrons. The SMILES string of the molecule is Cc1nc(-c2ccc(Cl)cc2)nc(-c2cccc([N+](=O)[O-])c2)c1C(=O)O. The predicted octanol–water partition coefficient (Wildman–Crippen LogP) is 4.38. The van der Waals surface area contributed by atoms with Gasteiger partial charge >= 0.3 is 5.97 Å². The number of carboxylic acids is 1. The number of carboxylic acid groups (broad SMARTS) is 1. The average molecular weight is 370 g/mol. The molecule has 8 heteroatoms. The maximum absolute atomic E-state index is 11.7. The summed E-state index contributed by atoms with van der Waals surface area (Å²) in [4.78, 5) is 30.8. The molecule has 1 N–H and O–H groups in total. The Morgan fingerprint density at radius 2 is 1.81 bits per heavy atom. The van der Waals surface area contributed by atoms with E-state index in [0.29, 0.717) is 22.0 Å². The zero-order chi connectivity index (χ0) is 18.8. The fourth-order valence-electron chi connectivity index (χ4n) is 2.53. The zero-order valence-electron chi connectivity index (χ0n) is 13.5. The number of benzene rings is 2. The molecule has 0 atom stereocenters. The fraction of sp³-hybridized carbons (Fsp3) is 0.0556. The van der Waals surface area contributed by atoms with Gasteiger partial charge in [0.05, 0.1) is 16.3 Å². The lowest BCUT2D eigenvalue weighted by Gasteiger charge is -2.11. The zero-order valence-corrected chi connectivity index (χ0v) is 14.3. The molecule has 3 aromatic rings. The number of rotatable bonds is 4. The molecular formula is C18H12ClN3O4. The maximum Gasteiger partial charge on any atom is 0.339 e. The van der Waals surface area contributed by atoms with Crippen molar-refractivity contribution in [2.45, 2.75) is 6.92 Å². The smallest absolute Gasteiger partial charge is 0.339 e. The highest BCUT2D eigenvalue weighted by Gasteiger charge is 2.21. The van der Waals surface area contributed by atoms with E-state index in [1.807, 2.05) is 0 Å². The van der Waals surface area contributed by atoms with Crippen LogP contribution in [-0.2, 0) is 0 Å². The Morgan fingerprint density at radius 1 is 1.12 bits per heavy atom. The first-order chi connectivity index (χ1) is 12.4. The van der Waals surface area contributed by atoms with Crippen molar-refractivity contribution in [2.24, 2.45) is 0 Å². The summed E-state index contributed by atoms with van der Waals surface area (Å²) >= 11 is 5.89. The number of nitro benzene ring substituents is 1. The average Bonchev–Trinajstić information content (AvgIpc) is 2.61. The topological polar surface area (TPSA) is 106 Å². The number of aromatic carboxylic acids is 1.